The number of hydrogen-bond donors (Lipinski definition) is 1. The maximum Gasteiger partial charge on any atom is 0.229 e. The zero-order valence-electron chi connectivity index (χ0n) is 16.8. The molecular formula is C23H28N2O2. The number of carbonyl (C=O) groups is 2. The third kappa shape index (κ3) is 4.21. The molecule has 0 aromatic heterocycles. The highest BCUT2D eigenvalue weighted by Crippen LogP contribution is 2.28. The van der Waals surface area contributed by atoms with Crippen molar-refractivity contribution in [2.45, 2.75) is 46.5 Å². The Morgan fingerprint density at radius 1 is 1.04 bits per heavy atom. The van der Waals surface area contributed by atoms with E-state index in [0.29, 0.717) is 6.54 Å². The van der Waals surface area contributed by atoms with E-state index in [1.165, 1.54) is 11.1 Å². The number of carbonyl (C=O) groups excluding carboxylic acids is 2. The molecule has 0 spiro atoms. The molecule has 1 N–H and O–H groups in total. The lowest BCUT2D eigenvalue weighted by Crippen LogP contribution is -2.28. The highest BCUT2D eigenvalue weighted by Gasteiger charge is 2.35. The Bertz CT molecular complexity index is 863. The summed E-state index contributed by atoms with van der Waals surface area (Å²) in [6, 6.07) is 13.9. The van der Waals surface area contributed by atoms with Gasteiger partial charge in [0.25, 0.3) is 0 Å². The minimum absolute atomic E-state index is 0.00137. The standard InChI is InChI=1S/C23H28N2O2/c1-15-6-11-20(12-16(15)2)25-14-17(13-21(25)26)22(27)24-19-9-7-18(8-10-19)23(3,4)5/h6-12,17H,13-14H2,1-5H3,(H,24,27)/t17-/m0/s1. The Hall–Kier alpha value is -2.62. The molecule has 0 radical (unpaired) electrons. The van der Waals surface area contributed by atoms with E-state index in [4.69, 9.17) is 0 Å². The average molecular weight is 364 g/mol. The van der Waals surface area contributed by atoms with Crippen LogP contribution in [0.15, 0.2) is 42.5 Å². The number of benzene rings is 2. The topological polar surface area (TPSA) is 49.4 Å². The van der Waals surface area contributed by atoms with Crippen LogP contribution in [0.1, 0.15) is 43.9 Å². The fourth-order valence-electron chi connectivity index (χ4n) is 3.32. The molecule has 0 saturated carbocycles. The largest absolute Gasteiger partial charge is 0.326 e. The molecule has 2 aromatic carbocycles. The van der Waals surface area contributed by atoms with E-state index >= 15 is 0 Å². The number of nitrogens with zero attached hydrogens (tertiary/aromatic N) is 1. The lowest BCUT2D eigenvalue weighted by Gasteiger charge is -2.20. The van der Waals surface area contributed by atoms with Crippen LogP contribution in [-0.4, -0.2) is 18.4 Å². The van der Waals surface area contributed by atoms with Gasteiger partial charge in [-0.1, -0.05) is 39.0 Å². The van der Waals surface area contributed by atoms with E-state index in [0.717, 1.165) is 16.9 Å². The maximum absolute atomic E-state index is 12.7. The second-order valence-electron chi connectivity index (χ2n) is 8.49. The second-order valence-corrected chi connectivity index (χ2v) is 8.49. The van der Waals surface area contributed by atoms with Gasteiger partial charge in [-0.15, -0.1) is 0 Å². The summed E-state index contributed by atoms with van der Waals surface area (Å²) in [4.78, 5) is 26.8. The third-order valence-electron chi connectivity index (χ3n) is 5.32. The smallest absolute Gasteiger partial charge is 0.229 e. The number of amides is 2. The molecule has 0 bridgehead atoms. The van der Waals surface area contributed by atoms with E-state index in [1.54, 1.807) is 4.90 Å². The van der Waals surface area contributed by atoms with Crippen LogP contribution in [0, 0.1) is 19.8 Å². The van der Waals surface area contributed by atoms with Crippen molar-refractivity contribution in [2.75, 3.05) is 16.8 Å². The molecule has 1 aliphatic rings. The van der Waals surface area contributed by atoms with E-state index in [9.17, 15) is 9.59 Å². The van der Waals surface area contributed by atoms with E-state index in [-0.39, 0.29) is 29.6 Å². The van der Waals surface area contributed by atoms with E-state index in [2.05, 4.69) is 26.1 Å². The third-order valence-corrected chi connectivity index (χ3v) is 5.32. The van der Waals surface area contributed by atoms with Crippen molar-refractivity contribution < 1.29 is 9.59 Å². The molecule has 2 amide bonds. The van der Waals surface area contributed by atoms with Crippen LogP contribution in [-0.2, 0) is 15.0 Å². The number of hydrogen-bond acceptors (Lipinski definition) is 2. The molecule has 27 heavy (non-hydrogen) atoms. The van der Waals surface area contributed by atoms with Gasteiger partial charge >= 0.3 is 0 Å². The molecule has 4 heteroatoms. The zero-order valence-corrected chi connectivity index (χ0v) is 16.8. The van der Waals surface area contributed by atoms with Crippen LogP contribution in [0.3, 0.4) is 0 Å². The number of nitrogens with one attached hydrogen (secondary N) is 1. The second kappa shape index (κ2) is 7.18. The summed E-state index contributed by atoms with van der Waals surface area (Å²) in [7, 11) is 0. The molecule has 2 aromatic rings. The molecule has 0 unspecified atom stereocenters. The first kappa shape index (κ1) is 19.2. The minimum Gasteiger partial charge on any atom is -0.326 e. The summed E-state index contributed by atoms with van der Waals surface area (Å²) in [6.07, 6.45) is 0.249. The van der Waals surface area contributed by atoms with Crippen LogP contribution < -0.4 is 10.2 Å². The Balaban J connectivity index is 1.67. The lowest BCUT2D eigenvalue weighted by molar-refractivity contribution is -0.122. The SMILES string of the molecule is Cc1ccc(N2C[C@@H](C(=O)Nc3ccc(C(C)(C)C)cc3)CC2=O)cc1C. The van der Waals surface area contributed by atoms with Crippen molar-refractivity contribution in [1.29, 1.82) is 0 Å². The zero-order chi connectivity index (χ0) is 19.8. The average Bonchev–Trinajstić information content (AvgIpc) is 2.99. The quantitative estimate of drug-likeness (QED) is 0.866. The summed E-state index contributed by atoms with van der Waals surface area (Å²) in [6.45, 7) is 11.0. The molecule has 1 fully saturated rings. The first-order chi connectivity index (χ1) is 12.6. The molecule has 142 valence electrons. The number of rotatable bonds is 3. The highest BCUT2D eigenvalue weighted by atomic mass is 16.2. The Kier molecular flexibility index (Phi) is 5.09. The predicted octanol–water partition coefficient (Wildman–Crippen LogP) is 4.59. The van der Waals surface area contributed by atoms with Crippen LogP contribution in [0.4, 0.5) is 11.4 Å². The van der Waals surface area contributed by atoms with E-state index in [1.807, 2.05) is 56.3 Å². The van der Waals surface area contributed by atoms with Gasteiger partial charge in [0.2, 0.25) is 11.8 Å². The molecule has 1 aliphatic heterocycles. The summed E-state index contributed by atoms with van der Waals surface area (Å²) in [5.41, 5.74) is 5.27. The Morgan fingerprint density at radius 3 is 2.30 bits per heavy atom. The van der Waals surface area contributed by atoms with Gasteiger partial charge in [0.05, 0.1) is 5.92 Å². The normalized spacial score (nSPS) is 17.3. The van der Waals surface area contributed by atoms with Gasteiger partial charge in [-0.25, -0.2) is 0 Å². The van der Waals surface area contributed by atoms with E-state index < -0.39 is 0 Å². The Morgan fingerprint density at radius 2 is 1.70 bits per heavy atom. The summed E-state index contributed by atoms with van der Waals surface area (Å²) in [5.74, 6) is -0.430. The fraction of sp³-hybridized carbons (Fsp3) is 0.391. The molecule has 3 rings (SSSR count). The van der Waals surface area contributed by atoms with Crippen LogP contribution in [0.2, 0.25) is 0 Å². The predicted molar refractivity (Wildman–Crippen MR) is 110 cm³/mol. The van der Waals surface area contributed by atoms with Crippen molar-refractivity contribution in [3.8, 4) is 0 Å². The van der Waals surface area contributed by atoms with Gasteiger partial charge in [-0.2, -0.15) is 0 Å². The van der Waals surface area contributed by atoms with Crippen molar-refractivity contribution in [2.24, 2.45) is 5.92 Å². The van der Waals surface area contributed by atoms with Crippen molar-refractivity contribution in [3.63, 3.8) is 0 Å². The van der Waals surface area contributed by atoms with Crippen molar-refractivity contribution >= 4 is 23.2 Å². The minimum atomic E-state index is -0.332. The molecule has 1 saturated heterocycles. The molecule has 4 nitrogen and oxygen atoms in total. The van der Waals surface area contributed by atoms with Gasteiger partial charge in [-0.3, -0.25) is 9.59 Å². The first-order valence-electron chi connectivity index (χ1n) is 9.44. The van der Waals surface area contributed by atoms with Crippen LogP contribution in [0.5, 0.6) is 0 Å². The Labute approximate surface area is 161 Å². The summed E-state index contributed by atoms with van der Waals surface area (Å²) < 4.78 is 0. The summed E-state index contributed by atoms with van der Waals surface area (Å²) >= 11 is 0. The molecule has 0 aliphatic carbocycles. The number of aryl methyl sites for hydroxylation is 2. The monoisotopic (exact) mass is 364 g/mol. The number of anilines is 2. The van der Waals surface area contributed by atoms with Gasteiger partial charge in [-0.05, 0) is 60.2 Å². The van der Waals surface area contributed by atoms with Crippen molar-refractivity contribution in [3.05, 3.63) is 59.2 Å². The van der Waals surface area contributed by atoms with Crippen LogP contribution in [0.25, 0.3) is 0 Å². The molecule has 1 atom stereocenters. The lowest BCUT2D eigenvalue weighted by atomic mass is 9.87. The fourth-order valence-corrected chi connectivity index (χ4v) is 3.32. The summed E-state index contributed by atoms with van der Waals surface area (Å²) in [5, 5.41) is 2.96. The first-order valence-corrected chi connectivity index (χ1v) is 9.44. The molecular weight excluding hydrogens is 336 g/mol. The van der Waals surface area contributed by atoms with Gasteiger partial charge in [0.15, 0.2) is 0 Å². The molecule has 1 heterocycles. The van der Waals surface area contributed by atoms with Crippen LogP contribution >= 0.6 is 0 Å². The van der Waals surface area contributed by atoms with Gasteiger partial charge < -0.3 is 10.2 Å². The van der Waals surface area contributed by atoms with Gasteiger partial charge in [0.1, 0.15) is 0 Å². The van der Waals surface area contributed by atoms with Crippen molar-refractivity contribution in [1.82, 2.24) is 0 Å². The highest BCUT2D eigenvalue weighted by molar-refractivity contribution is 6.03. The maximum atomic E-state index is 12.7. The van der Waals surface area contributed by atoms with Gasteiger partial charge in [0, 0.05) is 24.3 Å².